The Morgan fingerprint density at radius 2 is 1.70 bits per heavy atom. The highest BCUT2D eigenvalue weighted by Gasteiger charge is 2.69. The minimum atomic E-state index is 0. The normalized spacial score (nSPS) is 28.3. The Kier molecular flexibility index (Phi) is 4.85. The molecule has 3 nitrogen and oxygen atoms in total. The number of rotatable bonds is 3. The molecule has 0 aromatic heterocycles. The van der Waals surface area contributed by atoms with Gasteiger partial charge in [0.1, 0.15) is 0 Å². The number of carbonyl (C=O) groups excluding carboxylic acids is 1. The molecule has 1 aromatic rings. The van der Waals surface area contributed by atoms with Crippen molar-refractivity contribution in [2.24, 2.45) is 28.4 Å². The van der Waals surface area contributed by atoms with Crippen molar-refractivity contribution in [1.29, 1.82) is 0 Å². The van der Waals surface area contributed by atoms with Crippen molar-refractivity contribution in [2.75, 3.05) is 19.6 Å². The molecule has 1 aliphatic heterocycles. The van der Waals surface area contributed by atoms with Crippen LogP contribution in [0.15, 0.2) is 30.3 Å². The van der Waals surface area contributed by atoms with Crippen molar-refractivity contribution in [2.45, 2.75) is 33.6 Å². The minimum Gasteiger partial charge on any atom is -0.341 e. The standard InChI is InChI=1S/C19H28N2O.ClH/c1-18(2)16(19(18,3)4)17(22)21-11-14(10-20)15(12-21)13-8-6-5-7-9-13;/h5-9,14-16H,10-12,20H2,1-4H3;1H/t14-,15+;/m1./s1. The molecule has 1 saturated carbocycles. The molecule has 1 heterocycles. The average molecular weight is 337 g/mol. The van der Waals surface area contributed by atoms with Crippen LogP contribution in [0.25, 0.3) is 0 Å². The maximum Gasteiger partial charge on any atom is 0.226 e. The van der Waals surface area contributed by atoms with E-state index >= 15 is 0 Å². The predicted octanol–water partition coefficient (Wildman–Crippen LogP) is 3.29. The van der Waals surface area contributed by atoms with Crippen LogP contribution in [0.5, 0.6) is 0 Å². The highest BCUT2D eigenvalue weighted by Crippen LogP contribution is 2.69. The molecule has 0 bridgehead atoms. The monoisotopic (exact) mass is 336 g/mol. The first-order valence-corrected chi connectivity index (χ1v) is 8.34. The zero-order valence-electron chi connectivity index (χ0n) is 14.6. The second-order valence-electron chi connectivity index (χ2n) is 8.13. The van der Waals surface area contributed by atoms with E-state index in [9.17, 15) is 4.79 Å². The molecule has 1 saturated heterocycles. The van der Waals surface area contributed by atoms with Gasteiger partial charge in [-0.1, -0.05) is 58.0 Å². The molecule has 2 fully saturated rings. The third-order valence-corrected chi connectivity index (χ3v) is 6.55. The van der Waals surface area contributed by atoms with Crippen molar-refractivity contribution in [3.05, 3.63) is 35.9 Å². The Balaban J connectivity index is 0.00000192. The minimum absolute atomic E-state index is 0. The fourth-order valence-electron chi connectivity index (χ4n) is 4.36. The van der Waals surface area contributed by atoms with E-state index in [4.69, 9.17) is 5.73 Å². The Morgan fingerprint density at radius 1 is 1.13 bits per heavy atom. The maximum absolute atomic E-state index is 13.0. The molecular weight excluding hydrogens is 308 g/mol. The van der Waals surface area contributed by atoms with Gasteiger partial charge in [-0.3, -0.25) is 4.79 Å². The highest BCUT2D eigenvalue weighted by molar-refractivity contribution is 5.85. The molecule has 23 heavy (non-hydrogen) atoms. The lowest BCUT2D eigenvalue weighted by Gasteiger charge is -2.18. The summed E-state index contributed by atoms with van der Waals surface area (Å²) in [5.41, 5.74) is 7.50. The molecule has 3 rings (SSSR count). The zero-order chi connectivity index (χ0) is 16.1. The number of amides is 1. The number of hydrogen-bond donors (Lipinski definition) is 1. The summed E-state index contributed by atoms with van der Waals surface area (Å²) in [4.78, 5) is 15.0. The maximum atomic E-state index is 13.0. The molecule has 4 heteroatoms. The molecule has 1 aromatic carbocycles. The van der Waals surface area contributed by atoms with Gasteiger partial charge in [-0.15, -0.1) is 12.4 Å². The van der Waals surface area contributed by atoms with Crippen LogP contribution in [-0.2, 0) is 4.79 Å². The van der Waals surface area contributed by atoms with Gasteiger partial charge in [0.15, 0.2) is 0 Å². The van der Waals surface area contributed by atoms with Crippen LogP contribution in [0.1, 0.15) is 39.2 Å². The summed E-state index contributed by atoms with van der Waals surface area (Å²) in [5, 5.41) is 0. The second-order valence-corrected chi connectivity index (χ2v) is 8.13. The van der Waals surface area contributed by atoms with Gasteiger partial charge in [-0.05, 0) is 28.9 Å². The molecule has 0 unspecified atom stereocenters. The van der Waals surface area contributed by atoms with Crippen LogP contribution in [0.4, 0.5) is 0 Å². The average Bonchev–Trinajstić information content (AvgIpc) is 2.83. The quantitative estimate of drug-likeness (QED) is 0.920. The second kappa shape index (κ2) is 6.10. The molecule has 2 N–H and O–H groups in total. The van der Waals surface area contributed by atoms with Gasteiger partial charge in [0, 0.05) is 24.9 Å². The van der Waals surface area contributed by atoms with Crippen LogP contribution < -0.4 is 5.73 Å². The molecule has 0 spiro atoms. The largest absolute Gasteiger partial charge is 0.341 e. The number of nitrogens with two attached hydrogens (primary N) is 1. The first kappa shape index (κ1) is 18.3. The van der Waals surface area contributed by atoms with Crippen molar-refractivity contribution in [3.63, 3.8) is 0 Å². The van der Waals surface area contributed by atoms with Crippen LogP contribution in [-0.4, -0.2) is 30.4 Å². The van der Waals surface area contributed by atoms with E-state index in [2.05, 4.69) is 56.9 Å². The van der Waals surface area contributed by atoms with Crippen molar-refractivity contribution in [1.82, 2.24) is 4.90 Å². The van der Waals surface area contributed by atoms with Crippen LogP contribution >= 0.6 is 12.4 Å². The summed E-state index contributed by atoms with van der Waals surface area (Å²) < 4.78 is 0. The lowest BCUT2D eigenvalue weighted by atomic mass is 9.89. The van der Waals surface area contributed by atoms with Gasteiger partial charge in [-0.25, -0.2) is 0 Å². The fraction of sp³-hybridized carbons (Fsp3) is 0.632. The summed E-state index contributed by atoms with van der Waals surface area (Å²) in [6.45, 7) is 11.1. The molecule has 0 radical (unpaired) electrons. The smallest absolute Gasteiger partial charge is 0.226 e. The third-order valence-electron chi connectivity index (χ3n) is 6.55. The van der Waals surface area contributed by atoms with Crippen molar-refractivity contribution < 1.29 is 4.79 Å². The van der Waals surface area contributed by atoms with Gasteiger partial charge in [0.05, 0.1) is 0 Å². The molecule has 2 aliphatic rings. The summed E-state index contributed by atoms with van der Waals surface area (Å²) >= 11 is 0. The number of hydrogen-bond acceptors (Lipinski definition) is 2. The number of benzene rings is 1. The van der Waals surface area contributed by atoms with E-state index in [1.807, 2.05) is 6.07 Å². The van der Waals surface area contributed by atoms with E-state index in [-0.39, 0.29) is 29.2 Å². The lowest BCUT2D eigenvalue weighted by molar-refractivity contribution is -0.132. The number of likely N-dealkylation sites (tertiary alicyclic amines) is 1. The van der Waals surface area contributed by atoms with Gasteiger partial charge in [0.2, 0.25) is 5.91 Å². The third kappa shape index (κ3) is 2.78. The Bertz CT molecular complexity index is 556. The molecular formula is C19H29ClN2O. The van der Waals surface area contributed by atoms with E-state index < -0.39 is 0 Å². The Hall–Kier alpha value is -1.06. The van der Waals surface area contributed by atoms with Gasteiger partial charge >= 0.3 is 0 Å². The summed E-state index contributed by atoms with van der Waals surface area (Å²) in [7, 11) is 0. The molecule has 128 valence electrons. The number of carbonyl (C=O) groups is 1. The van der Waals surface area contributed by atoms with Crippen LogP contribution in [0.3, 0.4) is 0 Å². The van der Waals surface area contributed by atoms with E-state index in [1.165, 1.54) is 5.56 Å². The van der Waals surface area contributed by atoms with Gasteiger partial charge < -0.3 is 10.6 Å². The highest BCUT2D eigenvalue weighted by atomic mass is 35.5. The van der Waals surface area contributed by atoms with E-state index in [1.54, 1.807) is 0 Å². The number of halogens is 1. The van der Waals surface area contributed by atoms with Crippen molar-refractivity contribution in [3.8, 4) is 0 Å². The topological polar surface area (TPSA) is 46.3 Å². The van der Waals surface area contributed by atoms with Crippen LogP contribution in [0, 0.1) is 22.7 Å². The van der Waals surface area contributed by atoms with Gasteiger partial charge in [-0.2, -0.15) is 0 Å². The predicted molar refractivity (Wildman–Crippen MR) is 96.6 cm³/mol. The lowest BCUT2D eigenvalue weighted by Crippen LogP contribution is -2.32. The molecule has 1 amide bonds. The Morgan fingerprint density at radius 3 is 2.17 bits per heavy atom. The summed E-state index contributed by atoms with van der Waals surface area (Å²) in [6.07, 6.45) is 0. The summed E-state index contributed by atoms with van der Waals surface area (Å²) in [6, 6.07) is 10.5. The first-order chi connectivity index (χ1) is 10.3. The first-order valence-electron chi connectivity index (χ1n) is 8.34. The fourth-order valence-corrected chi connectivity index (χ4v) is 4.36. The zero-order valence-corrected chi connectivity index (χ0v) is 15.4. The van der Waals surface area contributed by atoms with E-state index in [0.717, 1.165) is 13.1 Å². The Labute approximate surface area is 146 Å². The molecule has 2 atom stereocenters. The van der Waals surface area contributed by atoms with Crippen molar-refractivity contribution >= 4 is 18.3 Å². The SMILES string of the molecule is CC1(C)C(C(=O)N2C[C@@H](CN)[C@H](c3ccccc3)C2)C1(C)C.Cl. The van der Waals surface area contributed by atoms with Crippen LogP contribution in [0.2, 0.25) is 0 Å². The van der Waals surface area contributed by atoms with E-state index in [0.29, 0.717) is 24.3 Å². The summed E-state index contributed by atoms with van der Waals surface area (Å²) in [5.74, 6) is 1.22. The molecule has 1 aliphatic carbocycles. The van der Waals surface area contributed by atoms with Gasteiger partial charge in [0.25, 0.3) is 0 Å². The number of nitrogens with zero attached hydrogens (tertiary/aromatic N) is 1.